The zero-order chi connectivity index (χ0) is 14.5. The molecule has 0 aliphatic heterocycles. The third-order valence-corrected chi connectivity index (χ3v) is 3.27. The molecule has 1 aromatic heterocycles. The van der Waals surface area contributed by atoms with E-state index in [1.165, 1.54) is 0 Å². The molecule has 0 saturated carbocycles. The van der Waals surface area contributed by atoms with E-state index in [4.69, 9.17) is 4.74 Å². The number of rotatable bonds is 6. The summed E-state index contributed by atoms with van der Waals surface area (Å²) >= 11 is 0. The molecule has 0 saturated heterocycles. The van der Waals surface area contributed by atoms with Gasteiger partial charge in [0, 0.05) is 29.1 Å². The Balaban J connectivity index is 2.09. The number of Topliss-reactive ketones (excluding diaryl/α,β-unsaturated/α-hetero) is 1. The molecule has 2 rings (SSSR count). The van der Waals surface area contributed by atoms with Gasteiger partial charge < -0.3 is 9.72 Å². The second kappa shape index (κ2) is 6.37. The number of ketones is 1. The minimum absolute atomic E-state index is 0.174. The van der Waals surface area contributed by atoms with Crippen molar-refractivity contribution >= 4 is 22.7 Å². The third-order valence-electron chi connectivity index (χ3n) is 3.27. The van der Waals surface area contributed by atoms with Crippen LogP contribution in [-0.2, 0) is 9.53 Å². The van der Waals surface area contributed by atoms with Gasteiger partial charge in [-0.05, 0) is 19.4 Å². The lowest BCUT2D eigenvalue weighted by atomic mass is 10.1. The third kappa shape index (κ3) is 3.07. The van der Waals surface area contributed by atoms with E-state index in [0.29, 0.717) is 12.0 Å². The average Bonchev–Trinajstić information content (AvgIpc) is 2.88. The summed E-state index contributed by atoms with van der Waals surface area (Å²) in [6, 6.07) is 7.57. The molecule has 20 heavy (non-hydrogen) atoms. The van der Waals surface area contributed by atoms with E-state index in [2.05, 4.69) is 4.98 Å². The van der Waals surface area contributed by atoms with Crippen molar-refractivity contribution in [2.75, 3.05) is 0 Å². The number of benzene rings is 1. The number of fused-ring (bicyclic) bond motifs is 1. The lowest BCUT2D eigenvalue weighted by Crippen LogP contribution is -2.24. The molecule has 0 unspecified atom stereocenters. The molecule has 4 nitrogen and oxygen atoms in total. The number of hydrogen-bond donors (Lipinski definition) is 1. The summed E-state index contributed by atoms with van der Waals surface area (Å²) in [7, 11) is 0. The van der Waals surface area contributed by atoms with Gasteiger partial charge in [0.05, 0.1) is 0 Å². The normalized spacial score (nSPS) is 12.3. The largest absolute Gasteiger partial charge is 0.454 e. The first kappa shape index (κ1) is 14.3. The first-order valence-corrected chi connectivity index (χ1v) is 6.93. The Bertz CT molecular complexity index is 615. The number of nitrogens with one attached hydrogen (secondary N) is 1. The quantitative estimate of drug-likeness (QED) is 0.647. The molecule has 106 valence electrons. The summed E-state index contributed by atoms with van der Waals surface area (Å²) in [5, 5.41) is 0.856. The van der Waals surface area contributed by atoms with Crippen LogP contribution in [0.3, 0.4) is 0 Å². The first-order valence-electron chi connectivity index (χ1n) is 6.93. The van der Waals surface area contributed by atoms with Gasteiger partial charge in [-0.15, -0.1) is 0 Å². The van der Waals surface area contributed by atoms with Crippen molar-refractivity contribution in [2.45, 2.75) is 39.2 Å². The van der Waals surface area contributed by atoms with Crippen molar-refractivity contribution in [1.29, 1.82) is 0 Å². The van der Waals surface area contributed by atoms with Crippen molar-refractivity contribution in [3.8, 4) is 0 Å². The molecule has 1 heterocycles. The highest BCUT2D eigenvalue weighted by molar-refractivity contribution is 6.10. The number of para-hydroxylation sites is 1. The Kier molecular flexibility index (Phi) is 4.56. The number of esters is 1. The summed E-state index contributed by atoms with van der Waals surface area (Å²) in [6.07, 6.45) is 3.00. The van der Waals surface area contributed by atoms with Gasteiger partial charge >= 0.3 is 5.97 Å². The van der Waals surface area contributed by atoms with Crippen molar-refractivity contribution in [3.63, 3.8) is 0 Å². The predicted octanol–water partition coefficient (Wildman–Crippen LogP) is 3.47. The molecular weight excluding hydrogens is 254 g/mol. The van der Waals surface area contributed by atoms with E-state index in [1.807, 2.05) is 31.2 Å². The highest BCUT2D eigenvalue weighted by Gasteiger charge is 2.21. The Morgan fingerprint density at radius 1 is 1.30 bits per heavy atom. The van der Waals surface area contributed by atoms with E-state index in [1.54, 1.807) is 13.1 Å². The smallest absolute Gasteiger partial charge is 0.306 e. The highest BCUT2D eigenvalue weighted by atomic mass is 16.5. The molecule has 4 heteroatoms. The monoisotopic (exact) mass is 273 g/mol. The summed E-state index contributed by atoms with van der Waals surface area (Å²) < 4.78 is 5.18. The maximum atomic E-state index is 12.3. The van der Waals surface area contributed by atoms with Gasteiger partial charge in [0.1, 0.15) is 0 Å². The fourth-order valence-corrected chi connectivity index (χ4v) is 2.13. The second-order valence-electron chi connectivity index (χ2n) is 4.85. The molecule has 0 bridgehead atoms. The van der Waals surface area contributed by atoms with E-state index in [9.17, 15) is 9.59 Å². The van der Waals surface area contributed by atoms with Gasteiger partial charge in [-0.2, -0.15) is 0 Å². The first-order chi connectivity index (χ1) is 9.63. The molecular formula is C16H19NO3. The van der Waals surface area contributed by atoms with Crippen molar-refractivity contribution in [1.82, 2.24) is 4.98 Å². The van der Waals surface area contributed by atoms with Crippen LogP contribution in [0.4, 0.5) is 0 Å². The summed E-state index contributed by atoms with van der Waals surface area (Å²) in [5.41, 5.74) is 1.47. The fourth-order valence-electron chi connectivity index (χ4n) is 2.13. The maximum Gasteiger partial charge on any atom is 0.306 e. The molecule has 0 fully saturated rings. The highest BCUT2D eigenvalue weighted by Crippen LogP contribution is 2.20. The van der Waals surface area contributed by atoms with Crippen LogP contribution in [-0.4, -0.2) is 22.8 Å². The SMILES string of the molecule is CCCCC(=O)O[C@@H](C)C(=O)c1c[nH]c2ccccc12. The Labute approximate surface area is 118 Å². The minimum atomic E-state index is -0.751. The number of aromatic amines is 1. The van der Waals surface area contributed by atoms with Gasteiger partial charge in [0.15, 0.2) is 6.10 Å². The molecule has 1 aromatic carbocycles. The van der Waals surface area contributed by atoms with Crippen LogP contribution in [0.25, 0.3) is 10.9 Å². The van der Waals surface area contributed by atoms with E-state index >= 15 is 0 Å². The van der Waals surface area contributed by atoms with Crippen molar-refractivity contribution in [3.05, 3.63) is 36.0 Å². The number of H-pyrrole nitrogens is 1. The van der Waals surface area contributed by atoms with Crippen LogP contribution in [0.1, 0.15) is 43.5 Å². The summed E-state index contributed by atoms with van der Waals surface area (Å²) in [6.45, 7) is 3.63. The standard InChI is InChI=1S/C16H19NO3/c1-3-4-9-15(18)20-11(2)16(19)13-10-17-14-8-6-5-7-12(13)14/h5-8,10-11,17H,3-4,9H2,1-2H3/t11-/m0/s1. The number of carbonyl (C=O) groups excluding carboxylic acids is 2. The van der Waals surface area contributed by atoms with E-state index in [-0.39, 0.29) is 11.8 Å². The fraction of sp³-hybridized carbons (Fsp3) is 0.375. The molecule has 0 aliphatic rings. The number of hydrogen-bond acceptors (Lipinski definition) is 3. The number of unbranched alkanes of at least 4 members (excludes halogenated alkanes) is 1. The number of aromatic nitrogens is 1. The number of carbonyl (C=O) groups is 2. The minimum Gasteiger partial charge on any atom is -0.454 e. The van der Waals surface area contributed by atoms with Crippen LogP contribution >= 0.6 is 0 Å². The topological polar surface area (TPSA) is 59.2 Å². The van der Waals surface area contributed by atoms with Crippen LogP contribution in [0.15, 0.2) is 30.5 Å². The van der Waals surface area contributed by atoms with E-state index in [0.717, 1.165) is 23.7 Å². The summed E-state index contributed by atoms with van der Waals surface area (Å²) in [4.78, 5) is 26.9. The van der Waals surface area contributed by atoms with Crippen molar-refractivity contribution < 1.29 is 14.3 Å². The van der Waals surface area contributed by atoms with Gasteiger partial charge in [-0.1, -0.05) is 31.5 Å². The maximum absolute atomic E-state index is 12.3. The molecule has 2 aromatic rings. The van der Waals surface area contributed by atoms with Gasteiger partial charge in [-0.25, -0.2) is 0 Å². The predicted molar refractivity (Wildman–Crippen MR) is 77.7 cm³/mol. The van der Waals surface area contributed by atoms with E-state index < -0.39 is 6.10 Å². The molecule has 0 aliphatic carbocycles. The molecule has 1 N–H and O–H groups in total. The zero-order valence-corrected chi connectivity index (χ0v) is 11.8. The van der Waals surface area contributed by atoms with Crippen LogP contribution in [0.2, 0.25) is 0 Å². The Morgan fingerprint density at radius 3 is 2.80 bits per heavy atom. The molecule has 0 amide bonds. The lowest BCUT2D eigenvalue weighted by Gasteiger charge is -2.11. The van der Waals surface area contributed by atoms with Gasteiger partial charge in [0.25, 0.3) is 0 Å². The van der Waals surface area contributed by atoms with Gasteiger partial charge in [0.2, 0.25) is 5.78 Å². The Morgan fingerprint density at radius 2 is 2.05 bits per heavy atom. The van der Waals surface area contributed by atoms with Crippen LogP contribution < -0.4 is 0 Å². The average molecular weight is 273 g/mol. The molecule has 1 atom stereocenters. The summed E-state index contributed by atoms with van der Waals surface area (Å²) in [5.74, 6) is -0.486. The molecule has 0 radical (unpaired) electrons. The number of ether oxygens (including phenoxy) is 1. The van der Waals surface area contributed by atoms with Gasteiger partial charge in [-0.3, -0.25) is 9.59 Å². The van der Waals surface area contributed by atoms with Crippen LogP contribution in [0, 0.1) is 0 Å². The molecule has 0 spiro atoms. The Hall–Kier alpha value is -2.10. The van der Waals surface area contributed by atoms with Crippen LogP contribution in [0.5, 0.6) is 0 Å². The zero-order valence-electron chi connectivity index (χ0n) is 11.8. The second-order valence-corrected chi connectivity index (χ2v) is 4.85. The lowest BCUT2D eigenvalue weighted by molar-refractivity contribution is -0.146. The van der Waals surface area contributed by atoms with Crippen molar-refractivity contribution in [2.24, 2.45) is 0 Å².